The number of carbonyl (C=O) groups is 2. The minimum absolute atomic E-state index is 0.0300. The summed E-state index contributed by atoms with van der Waals surface area (Å²) in [6.45, 7) is 6.14. The Morgan fingerprint density at radius 3 is 2.06 bits per heavy atom. The molecule has 2 aliphatic rings. The van der Waals surface area contributed by atoms with Crippen LogP contribution in [0.3, 0.4) is 0 Å². The molecule has 0 saturated carbocycles. The molecule has 0 bridgehead atoms. The first-order valence-electron chi connectivity index (χ1n) is 11.3. The van der Waals surface area contributed by atoms with Crippen LogP contribution in [0.4, 0.5) is 4.79 Å². The number of hydrogen-bond donors (Lipinski definition) is 0. The zero-order valence-corrected chi connectivity index (χ0v) is 19.4. The number of nitrogens with zero attached hydrogens (tertiary/aromatic N) is 2. The van der Waals surface area contributed by atoms with E-state index < -0.39 is 23.6 Å². The van der Waals surface area contributed by atoms with Gasteiger partial charge in [0, 0.05) is 12.0 Å². The molecular formula is C28H26N2O4. The van der Waals surface area contributed by atoms with Crippen LogP contribution in [0.1, 0.15) is 39.8 Å². The van der Waals surface area contributed by atoms with Crippen molar-refractivity contribution in [3.63, 3.8) is 0 Å². The molecule has 0 aliphatic carbocycles. The summed E-state index contributed by atoms with van der Waals surface area (Å²) >= 11 is 0. The van der Waals surface area contributed by atoms with Gasteiger partial charge in [0.15, 0.2) is 0 Å². The van der Waals surface area contributed by atoms with E-state index >= 15 is 0 Å². The monoisotopic (exact) mass is 454 g/mol. The molecule has 0 N–H and O–H groups in total. The molecule has 172 valence electrons. The Hall–Kier alpha value is -3.93. The number of benzene rings is 3. The number of ether oxygens (including phenoxy) is 1. The van der Waals surface area contributed by atoms with Crippen molar-refractivity contribution in [1.29, 1.82) is 0 Å². The average molecular weight is 455 g/mol. The smallest absolute Gasteiger partial charge is 0.417 e. The van der Waals surface area contributed by atoms with Crippen molar-refractivity contribution in [2.24, 2.45) is 5.16 Å². The van der Waals surface area contributed by atoms with E-state index in [1.165, 1.54) is 10.5 Å². The summed E-state index contributed by atoms with van der Waals surface area (Å²) in [5, 5.41) is 4.27. The molecule has 5 rings (SSSR count). The molecule has 6 heteroatoms. The van der Waals surface area contributed by atoms with Crippen molar-refractivity contribution >= 4 is 17.7 Å². The van der Waals surface area contributed by atoms with Crippen molar-refractivity contribution in [3.8, 4) is 0 Å². The van der Waals surface area contributed by atoms with Gasteiger partial charge in [-0.2, -0.15) is 0 Å². The van der Waals surface area contributed by atoms with Crippen LogP contribution in [0.15, 0.2) is 78.0 Å². The second-order valence-electron chi connectivity index (χ2n) is 8.93. The normalized spacial score (nSPS) is 18.9. The summed E-state index contributed by atoms with van der Waals surface area (Å²) in [6, 6.07) is 23.2. The molecule has 6 nitrogen and oxygen atoms in total. The molecule has 1 unspecified atom stereocenters. The zero-order valence-electron chi connectivity index (χ0n) is 19.4. The maximum absolute atomic E-state index is 13.8. The topological polar surface area (TPSA) is 68.2 Å². The Morgan fingerprint density at radius 1 is 0.941 bits per heavy atom. The zero-order chi connectivity index (χ0) is 23.9. The van der Waals surface area contributed by atoms with Crippen LogP contribution in [0.5, 0.6) is 0 Å². The van der Waals surface area contributed by atoms with E-state index in [1.54, 1.807) is 0 Å². The number of cyclic esters (lactones) is 1. The van der Waals surface area contributed by atoms with E-state index in [0.717, 1.165) is 27.8 Å². The maximum atomic E-state index is 13.8. The SMILES string of the molecule is Cc1cc(C)c(C2=NOC(C(=O)N3C(=O)OCC3(c3ccccc3)c3ccccc3)C2)c(C)c1. The highest BCUT2D eigenvalue weighted by atomic mass is 16.6. The third-order valence-corrected chi connectivity index (χ3v) is 6.60. The van der Waals surface area contributed by atoms with Crippen molar-refractivity contribution in [2.45, 2.75) is 38.8 Å². The molecule has 2 aliphatic heterocycles. The molecule has 3 aromatic rings. The van der Waals surface area contributed by atoms with Gasteiger partial charge in [0.25, 0.3) is 5.91 Å². The number of aryl methyl sites for hydroxylation is 3. The van der Waals surface area contributed by atoms with Gasteiger partial charge < -0.3 is 9.57 Å². The van der Waals surface area contributed by atoms with Gasteiger partial charge in [-0.15, -0.1) is 0 Å². The lowest BCUT2D eigenvalue weighted by Gasteiger charge is -2.35. The minimum atomic E-state index is -1.08. The summed E-state index contributed by atoms with van der Waals surface area (Å²) in [4.78, 5) is 33.7. The van der Waals surface area contributed by atoms with Crippen molar-refractivity contribution in [3.05, 3.63) is 106 Å². The van der Waals surface area contributed by atoms with Gasteiger partial charge in [0.1, 0.15) is 12.1 Å². The van der Waals surface area contributed by atoms with Gasteiger partial charge >= 0.3 is 6.09 Å². The average Bonchev–Trinajstić information content (AvgIpc) is 3.45. The summed E-state index contributed by atoms with van der Waals surface area (Å²) in [5.74, 6) is -0.462. The third kappa shape index (κ3) is 3.46. The first-order valence-corrected chi connectivity index (χ1v) is 11.3. The predicted octanol–water partition coefficient (Wildman–Crippen LogP) is 5.03. The predicted molar refractivity (Wildman–Crippen MR) is 129 cm³/mol. The lowest BCUT2D eigenvalue weighted by molar-refractivity contribution is -0.141. The molecule has 34 heavy (non-hydrogen) atoms. The first-order chi connectivity index (χ1) is 16.4. The molecule has 1 atom stereocenters. The Bertz CT molecular complexity index is 1220. The van der Waals surface area contributed by atoms with E-state index in [-0.39, 0.29) is 13.0 Å². The molecule has 0 spiro atoms. The molecule has 0 radical (unpaired) electrons. The molecule has 2 amide bonds. The Morgan fingerprint density at radius 2 is 1.50 bits per heavy atom. The highest BCUT2D eigenvalue weighted by Gasteiger charge is 2.55. The largest absolute Gasteiger partial charge is 0.446 e. The molecule has 0 aromatic heterocycles. The number of amides is 2. The molecule has 1 saturated heterocycles. The van der Waals surface area contributed by atoms with Crippen LogP contribution in [0.25, 0.3) is 0 Å². The van der Waals surface area contributed by atoms with Crippen molar-refractivity contribution in [2.75, 3.05) is 6.61 Å². The minimum Gasteiger partial charge on any atom is -0.446 e. The maximum Gasteiger partial charge on any atom is 0.417 e. The third-order valence-electron chi connectivity index (χ3n) is 6.60. The first kappa shape index (κ1) is 21.9. The molecule has 2 heterocycles. The van der Waals surface area contributed by atoms with Gasteiger partial charge in [0.2, 0.25) is 6.10 Å². The number of carbonyl (C=O) groups excluding carboxylic acids is 2. The van der Waals surface area contributed by atoms with E-state index in [2.05, 4.69) is 24.2 Å². The van der Waals surface area contributed by atoms with Crippen LogP contribution in [0.2, 0.25) is 0 Å². The summed E-state index contributed by atoms with van der Waals surface area (Å²) in [5.41, 5.74) is 5.54. The number of oxime groups is 1. The van der Waals surface area contributed by atoms with E-state index in [9.17, 15) is 9.59 Å². The van der Waals surface area contributed by atoms with E-state index in [1.807, 2.05) is 74.5 Å². The van der Waals surface area contributed by atoms with Crippen molar-refractivity contribution < 1.29 is 19.2 Å². The quantitative estimate of drug-likeness (QED) is 0.555. The van der Waals surface area contributed by atoms with E-state index in [4.69, 9.17) is 9.57 Å². The fourth-order valence-corrected chi connectivity index (χ4v) is 5.19. The van der Waals surface area contributed by atoms with Gasteiger partial charge in [-0.05, 0) is 43.0 Å². The van der Waals surface area contributed by atoms with Crippen LogP contribution < -0.4 is 0 Å². The van der Waals surface area contributed by atoms with Gasteiger partial charge in [-0.3, -0.25) is 4.79 Å². The lowest BCUT2D eigenvalue weighted by Crippen LogP contribution is -2.52. The standard InChI is InChI=1S/C28H26N2O4/c1-18-14-19(2)25(20(3)15-18)23-16-24(34-29-23)26(31)30-27(32)33-17-28(30,21-10-6-4-7-11-21)22-12-8-5-9-13-22/h4-15,24H,16-17H2,1-3H3. The van der Waals surface area contributed by atoms with E-state index in [0.29, 0.717) is 5.71 Å². The van der Waals surface area contributed by atoms with Gasteiger partial charge in [0.05, 0.1) is 5.71 Å². The summed E-state index contributed by atoms with van der Waals surface area (Å²) in [6.07, 6.45) is -1.31. The fourth-order valence-electron chi connectivity index (χ4n) is 5.19. The van der Waals surface area contributed by atoms with Crippen LogP contribution in [-0.2, 0) is 19.9 Å². The highest BCUT2D eigenvalue weighted by Crippen LogP contribution is 2.42. The summed E-state index contributed by atoms with van der Waals surface area (Å²) < 4.78 is 5.51. The van der Waals surface area contributed by atoms with Gasteiger partial charge in [-0.25, -0.2) is 9.69 Å². The molecular weight excluding hydrogens is 428 g/mol. The lowest BCUT2D eigenvalue weighted by atomic mass is 9.82. The van der Waals surface area contributed by atoms with Crippen LogP contribution >= 0.6 is 0 Å². The Balaban J connectivity index is 1.51. The molecule has 1 fully saturated rings. The fraction of sp³-hybridized carbons (Fsp3) is 0.250. The Labute approximate surface area is 198 Å². The highest BCUT2D eigenvalue weighted by molar-refractivity contribution is 6.07. The second kappa shape index (κ2) is 8.45. The van der Waals surface area contributed by atoms with Crippen LogP contribution in [-0.4, -0.2) is 35.3 Å². The van der Waals surface area contributed by atoms with Crippen molar-refractivity contribution in [1.82, 2.24) is 4.90 Å². The molecule has 3 aromatic carbocycles. The Kier molecular flexibility index (Phi) is 5.44. The number of imide groups is 1. The summed E-state index contributed by atoms with van der Waals surface area (Å²) in [7, 11) is 0. The second-order valence-corrected chi connectivity index (χ2v) is 8.93. The number of hydrogen-bond acceptors (Lipinski definition) is 5. The number of rotatable bonds is 4. The van der Waals surface area contributed by atoms with Crippen LogP contribution in [0, 0.1) is 20.8 Å². The van der Waals surface area contributed by atoms with Gasteiger partial charge in [-0.1, -0.05) is 83.5 Å².